The minimum Gasteiger partial charge on any atom is -0.374 e. The molecule has 0 spiro atoms. The van der Waals surface area contributed by atoms with Crippen molar-refractivity contribution in [3.05, 3.63) is 30.1 Å². The van der Waals surface area contributed by atoms with Gasteiger partial charge in [0.1, 0.15) is 0 Å². The van der Waals surface area contributed by atoms with Crippen LogP contribution in [0.3, 0.4) is 0 Å². The number of amides is 1. The molecule has 1 aromatic rings. The third kappa shape index (κ3) is 2.79. The summed E-state index contributed by atoms with van der Waals surface area (Å²) in [7, 11) is 0. The zero-order valence-electron chi connectivity index (χ0n) is 9.43. The first-order valence-corrected chi connectivity index (χ1v) is 5.52. The molecule has 1 amide bonds. The van der Waals surface area contributed by atoms with Gasteiger partial charge in [0, 0.05) is 38.8 Å². The zero-order chi connectivity index (χ0) is 11.4. The first-order valence-electron chi connectivity index (χ1n) is 5.52. The van der Waals surface area contributed by atoms with Gasteiger partial charge in [-0.2, -0.15) is 0 Å². The summed E-state index contributed by atoms with van der Waals surface area (Å²) < 4.78 is 5.64. The lowest BCUT2D eigenvalue weighted by Crippen LogP contribution is -2.45. The third-order valence-corrected chi connectivity index (χ3v) is 2.77. The van der Waals surface area contributed by atoms with Crippen LogP contribution in [0.15, 0.2) is 24.5 Å². The van der Waals surface area contributed by atoms with Gasteiger partial charge < -0.3 is 9.64 Å². The molecule has 1 saturated heterocycles. The van der Waals surface area contributed by atoms with Gasteiger partial charge in [-0.25, -0.2) is 0 Å². The number of carbonyl (C=O) groups excluding carboxylic acids is 1. The molecule has 86 valence electrons. The summed E-state index contributed by atoms with van der Waals surface area (Å²) in [5.41, 5.74) is 1.15. The van der Waals surface area contributed by atoms with Gasteiger partial charge in [0.2, 0.25) is 5.91 Å². The van der Waals surface area contributed by atoms with Crippen molar-refractivity contribution in [1.29, 1.82) is 0 Å². The van der Waals surface area contributed by atoms with Crippen LogP contribution in [0.25, 0.3) is 0 Å². The second-order valence-electron chi connectivity index (χ2n) is 4.02. The van der Waals surface area contributed by atoms with Crippen molar-refractivity contribution >= 4 is 5.91 Å². The number of aromatic nitrogens is 1. The summed E-state index contributed by atoms with van der Waals surface area (Å²) >= 11 is 0. The largest absolute Gasteiger partial charge is 0.374 e. The van der Waals surface area contributed by atoms with Gasteiger partial charge in [-0.1, -0.05) is 6.07 Å². The quantitative estimate of drug-likeness (QED) is 0.742. The second-order valence-corrected chi connectivity index (χ2v) is 4.02. The number of hydrogen-bond acceptors (Lipinski definition) is 3. The number of ether oxygens (including phenoxy) is 1. The van der Waals surface area contributed by atoms with Gasteiger partial charge in [0.15, 0.2) is 0 Å². The molecule has 0 aromatic carbocycles. The van der Waals surface area contributed by atoms with E-state index < -0.39 is 0 Å². The van der Waals surface area contributed by atoms with Crippen LogP contribution in [0.2, 0.25) is 0 Å². The lowest BCUT2D eigenvalue weighted by molar-refractivity contribution is -0.136. The molecule has 0 aliphatic carbocycles. The summed E-state index contributed by atoms with van der Waals surface area (Å²) in [4.78, 5) is 17.2. The Morgan fingerprint density at radius 2 is 2.56 bits per heavy atom. The summed E-state index contributed by atoms with van der Waals surface area (Å²) in [5.74, 6) is 0.125. The summed E-state index contributed by atoms with van der Waals surface area (Å²) in [6, 6.07) is 3.95. The van der Waals surface area contributed by atoms with Crippen LogP contribution in [-0.2, 0) is 16.0 Å². The van der Waals surface area contributed by atoms with Crippen molar-refractivity contribution in [3.8, 4) is 0 Å². The van der Waals surface area contributed by atoms with E-state index in [0.29, 0.717) is 19.7 Å². The molecule has 1 aromatic heterocycles. The fourth-order valence-corrected chi connectivity index (χ4v) is 1.91. The van der Waals surface area contributed by atoms with Crippen LogP contribution in [0.5, 0.6) is 0 Å². The molecule has 4 nitrogen and oxygen atoms in total. The highest BCUT2D eigenvalue weighted by Gasteiger charge is 2.22. The Morgan fingerprint density at radius 1 is 1.69 bits per heavy atom. The van der Waals surface area contributed by atoms with Gasteiger partial charge >= 0.3 is 0 Å². The first-order chi connectivity index (χ1) is 7.75. The molecule has 0 radical (unpaired) electrons. The molecule has 0 saturated carbocycles. The molecule has 4 heteroatoms. The van der Waals surface area contributed by atoms with Gasteiger partial charge in [0.25, 0.3) is 0 Å². The van der Waals surface area contributed by atoms with Gasteiger partial charge in [0.05, 0.1) is 12.7 Å². The van der Waals surface area contributed by atoms with Gasteiger partial charge in [-0.15, -0.1) is 0 Å². The predicted octanol–water partition coefficient (Wildman–Crippen LogP) is 0.871. The number of pyridine rings is 1. The van der Waals surface area contributed by atoms with E-state index in [-0.39, 0.29) is 12.0 Å². The minimum absolute atomic E-state index is 0.0989. The van der Waals surface area contributed by atoms with E-state index in [9.17, 15) is 4.79 Å². The highest BCUT2D eigenvalue weighted by atomic mass is 16.5. The third-order valence-electron chi connectivity index (χ3n) is 2.77. The average molecular weight is 220 g/mol. The van der Waals surface area contributed by atoms with Crippen LogP contribution >= 0.6 is 0 Å². The molecule has 16 heavy (non-hydrogen) atoms. The fraction of sp³-hybridized carbons (Fsp3) is 0.500. The van der Waals surface area contributed by atoms with Crippen molar-refractivity contribution in [2.24, 2.45) is 0 Å². The molecule has 1 atom stereocenters. The van der Waals surface area contributed by atoms with Gasteiger partial charge in [-0.3, -0.25) is 9.78 Å². The number of morpholine rings is 1. The van der Waals surface area contributed by atoms with Crippen LogP contribution in [-0.4, -0.2) is 41.6 Å². The fourth-order valence-electron chi connectivity index (χ4n) is 1.91. The Balaban J connectivity index is 1.93. The van der Waals surface area contributed by atoms with Crippen LogP contribution < -0.4 is 0 Å². The van der Waals surface area contributed by atoms with Crippen LogP contribution in [0.4, 0.5) is 0 Å². The molecule has 1 aliphatic heterocycles. The maximum absolute atomic E-state index is 11.3. The summed E-state index contributed by atoms with van der Waals surface area (Å²) in [6.45, 7) is 3.63. The highest BCUT2D eigenvalue weighted by molar-refractivity contribution is 5.73. The Hall–Kier alpha value is -1.42. The maximum atomic E-state index is 11.3. The SMILES string of the molecule is CC(=O)N1CCOC(Cc2cccnc2)C1. The number of carbonyl (C=O) groups is 1. The van der Waals surface area contributed by atoms with Gasteiger partial charge in [-0.05, 0) is 11.6 Å². The summed E-state index contributed by atoms with van der Waals surface area (Å²) in [5, 5.41) is 0. The van der Waals surface area contributed by atoms with Crippen molar-refractivity contribution in [1.82, 2.24) is 9.88 Å². The maximum Gasteiger partial charge on any atom is 0.219 e. The van der Waals surface area contributed by atoms with E-state index in [2.05, 4.69) is 4.98 Å². The lowest BCUT2D eigenvalue weighted by Gasteiger charge is -2.32. The Bertz CT molecular complexity index is 353. The van der Waals surface area contributed by atoms with E-state index in [0.717, 1.165) is 12.0 Å². The van der Waals surface area contributed by atoms with Crippen molar-refractivity contribution in [2.45, 2.75) is 19.4 Å². The number of nitrogens with zero attached hydrogens (tertiary/aromatic N) is 2. The monoisotopic (exact) mass is 220 g/mol. The van der Waals surface area contributed by atoms with E-state index in [1.807, 2.05) is 23.2 Å². The average Bonchev–Trinajstić information content (AvgIpc) is 2.30. The van der Waals surface area contributed by atoms with Crippen LogP contribution in [0, 0.1) is 0 Å². The lowest BCUT2D eigenvalue weighted by atomic mass is 10.1. The molecule has 1 fully saturated rings. The molecule has 0 N–H and O–H groups in total. The first kappa shape index (κ1) is 11.1. The zero-order valence-corrected chi connectivity index (χ0v) is 9.43. The Kier molecular flexibility index (Phi) is 3.51. The summed E-state index contributed by atoms with van der Waals surface area (Å²) in [6.07, 6.45) is 4.52. The van der Waals surface area contributed by atoms with E-state index in [4.69, 9.17) is 4.74 Å². The molecule has 1 aliphatic rings. The molecule has 2 heterocycles. The van der Waals surface area contributed by atoms with Crippen molar-refractivity contribution in [3.63, 3.8) is 0 Å². The van der Waals surface area contributed by atoms with E-state index in [1.165, 1.54) is 0 Å². The smallest absolute Gasteiger partial charge is 0.219 e. The van der Waals surface area contributed by atoms with Crippen LogP contribution in [0.1, 0.15) is 12.5 Å². The predicted molar refractivity (Wildman–Crippen MR) is 59.9 cm³/mol. The van der Waals surface area contributed by atoms with Crippen molar-refractivity contribution < 1.29 is 9.53 Å². The minimum atomic E-state index is 0.0989. The molecule has 2 rings (SSSR count). The molecule has 0 bridgehead atoms. The number of hydrogen-bond donors (Lipinski definition) is 0. The molecule has 1 unspecified atom stereocenters. The molecular formula is C12H16N2O2. The van der Waals surface area contributed by atoms with E-state index >= 15 is 0 Å². The van der Waals surface area contributed by atoms with E-state index in [1.54, 1.807) is 13.1 Å². The second kappa shape index (κ2) is 5.07. The topological polar surface area (TPSA) is 42.4 Å². The Morgan fingerprint density at radius 3 is 3.25 bits per heavy atom. The number of rotatable bonds is 2. The highest BCUT2D eigenvalue weighted by Crippen LogP contribution is 2.10. The standard InChI is InChI=1S/C12H16N2O2/c1-10(15)14-5-6-16-12(9-14)7-11-3-2-4-13-8-11/h2-4,8,12H,5-7,9H2,1H3. The van der Waals surface area contributed by atoms with Crippen molar-refractivity contribution in [2.75, 3.05) is 19.7 Å². The molecular weight excluding hydrogens is 204 g/mol. The normalized spacial score (nSPS) is 20.8. The Labute approximate surface area is 95.2 Å².